The number of hydrogen-bond acceptors (Lipinski definition) is 3. The summed E-state index contributed by atoms with van der Waals surface area (Å²) in [5.41, 5.74) is -0.302. The van der Waals surface area contributed by atoms with E-state index in [1.165, 1.54) is 0 Å². The zero-order chi connectivity index (χ0) is 15.5. The lowest BCUT2D eigenvalue weighted by Crippen LogP contribution is -2.48. The molecule has 0 saturated carbocycles. The highest BCUT2D eigenvalue weighted by Crippen LogP contribution is 2.29. The molecule has 4 heteroatoms. The topological polar surface area (TPSA) is 52.6 Å². The van der Waals surface area contributed by atoms with Crippen LogP contribution >= 0.6 is 0 Å². The second-order valence-corrected chi connectivity index (χ2v) is 5.69. The van der Waals surface area contributed by atoms with Crippen molar-refractivity contribution >= 4 is 16.7 Å². The lowest BCUT2D eigenvalue weighted by Gasteiger charge is -2.29. The van der Waals surface area contributed by atoms with Crippen molar-refractivity contribution in [2.45, 2.75) is 12.5 Å². The van der Waals surface area contributed by atoms with Crippen molar-refractivity contribution in [3.05, 3.63) is 48.0 Å². The summed E-state index contributed by atoms with van der Waals surface area (Å²) in [7, 11) is 3.94. The van der Waals surface area contributed by atoms with Crippen LogP contribution in [-0.2, 0) is 10.3 Å². The molecule has 1 atom stereocenters. The van der Waals surface area contributed by atoms with E-state index in [4.69, 9.17) is 0 Å². The minimum atomic E-state index is -1.10. The molecule has 0 aliphatic heterocycles. The van der Waals surface area contributed by atoms with Crippen LogP contribution in [0.3, 0.4) is 0 Å². The van der Waals surface area contributed by atoms with Crippen molar-refractivity contribution in [1.29, 1.82) is 0 Å². The fourth-order valence-corrected chi connectivity index (χ4v) is 2.48. The molecule has 2 rings (SSSR count). The van der Waals surface area contributed by atoms with Gasteiger partial charge in [-0.3, -0.25) is 5.32 Å². The van der Waals surface area contributed by atoms with Gasteiger partial charge in [-0.1, -0.05) is 42.5 Å². The molecule has 0 bridgehead atoms. The highest BCUT2D eigenvalue weighted by atomic mass is 16.4. The normalized spacial score (nSPS) is 14.3. The largest absolute Gasteiger partial charge is 0.480 e. The van der Waals surface area contributed by atoms with Gasteiger partial charge in [0, 0.05) is 13.1 Å². The van der Waals surface area contributed by atoms with E-state index < -0.39 is 11.5 Å². The van der Waals surface area contributed by atoms with Crippen LogP contribution < -0.4 is 5.32 Å². The van der Waals surface area contributed by atoms with Crippen LogP contribution in [0.5, 0.6) is 0 Å². The Morgan fingerprint density at radius 1 is 1.19 bits per heavy atom. The summed E-state index contributed by atoms with van der Waals surface area (Å²) in [5, 5.41) is 15.0. The van der Waals surface area contributed by atoms with Crippen molar-refractivity contribution in [1.82, 2.24) is 10.2 Å². The monoisotopic (exact) mass is 286 g/mol. The van der Waals surface area contributed by atoms with Gasteiger partial charge in [0.2, 0.25) is 0 Å². The second-order valence-electron chi connectivity index (χ2n) is 5.69. The van der Waals surface area contributed by atoms with Crippen molar-refractivity contribution < 1.29 is 9.90 Å². The third-order valence-corrected chi connectivity index (χ3v) is 3.79. The standard InChI is InChI=1S/C17H22N2O2/c1-17(16(20)21,18-11-12-19(2)3)15-10-6-8-13-7-4-5-9-14(13)15/h4-10,18H,11-12H2,1-3H3,(H,20,21). The fraction of sp³-hybridized carbons (Fsp3) is 0.353. The molecule has 112 valence electrons. The Bertz CT molecular complexity index is 634. The van der Waals surface area contributed by atoms with E-state index in [0.29, 0.717) is 6.54 Å². The Kier molecular flexibility index (Phi) is 4.60. The smallest absolute Gasteiger partial charge is 0.328 e. The number of nitrogens with one attached hydrogen (secondary N) is 1. The van der Waals surface area contributed by atoms with E-state index in [1.54, 1.807) is 6.92 Å². The minimum Gasteiger partial charge on any atom is -0.480 e. The quantitative estimate of drug-likeness (QED) is 0.855. The van der Waals surface area contributed by atoms with Crippen LogP contribution in [0.15, 0.2) is 42.5 Å². The van der Waals surface area contributed by atoms with Gasteiger partial charge < -0.3 is 10.0 Å². The van der Waals surface area contributed by atoms with Crippen LogP contribution in [0, 0.1) is 0 Å². The number of hydrogen-bond donors (Lipinski definition) is 2. The molecule has 0 amide bonds. The lowest BCUT2D eigenvalue weighted by molar-refractivity contribution is -0.144. The molecular weight excluding hydrogens is 264 g/mol. The van der Waals surface area contributed by atoms with Crippen molar-refractivity contribution in [3.8, 4) is 0 Å². The maximum absolute atomic E-state index is 11.9. The number of rotatable bonds is 6. The van der Waals surface area contributed by atoms with Crippen LogP contribution in [0.4, 0.5) is 0 Å². The van der Waals surface area contributed by atoms with Crippen molar-refractivity contribution in [3.63, 3.8) is 0 Å². The average molecular weight is 286 g/mol. The third kappa shape index (κ3) is 3.23. The van der Waals surface area contributed by atoms with Gasteiger partial charge in [0.1, 0.15) is 5.54 Å². The molecule has 2 N–H and O–H groups in total. The summed E-state index contributed by atoms with van der Waals surface area (Å²) in [4.78, 5) is 13.9. The number of benzene rings is 2. The molecule has 0 fully saturated rings. The van der Waals surface area contributed by atoms with Gasteiger partial charge in [-0.25, -0.2) is 4.79 Å². The van der Waals surface area contributed by atoms with Crippen LogP contribution in [0.1, 0.15) is 12.5 Å². The maximum atomic E-state index is 11.9. The van der Waals surface area contributed by atoms with E-state index >= 15 is 0 Å². The third-order valence-electron chi connectivity index (χ3n) is 3.79. The van der Waals surface area contributed by atoms with E-state index in [2.05, 4.69) is 5.32 Å². The van der Waals surface area contributed by atoms with E-state index in [-0.39, 0.29) is 0 Å². The van der Waals surface area contributed by atoms with Gasteiger partial charge in [0.15, 0.2) is 0 Å². The molecule has 0 saturated heterocycles. The zero-order valence-corrected chi connectivity index (χ0v) is 12.8. The summed E-state index contributed by atoms with van der Waals surface area (Å²) in [6.45, 7) is 3.12. The number of nitrogens with zero attached hydrogens (tertiary/aromatic N) is 1. The molecule has 2 aromatic rings. The molecular formula is C17H22N2O2. The van der Waals surface area contributed by atoms with Crippen molar-refractivity contribution in [2.24, 2.45) is 0 Å². The van der Waals surface area contributed by atoms with Gasteiger partial charge in [-0.15, -0.1) is 0 Å². The molecule has 0 spiro atoms. The van der Waals surface area contributed by atoms with Crippen LogP contribution in [-0.4, -0.2) is 43.2 Å². The maximum Gasteiger partial charge on any atom is 0.328 e. The number of carbonyl (C=O) groups is 1. The second kappa shape index (κ2) is 6.24. The molecule has 2 aromatic carbocycles. The zero-order valence-electron chi connectivity index (χ0n) is 12.8. The first-order chi connectivity index (χ1) is 9.95. The van der Waals surface area contributed by atoms with Crippen molar-refractivity contribution in [2.75, 3.05) is 27.2 Å². The molecule has 0 radical (unpaired) electrons. The van der Waals surface area contributed by atoms with Gasteiger partial charge in [0.25, 0.3) is 0 Å². The number of likely N-dealkylation sites (N-methyl/N-ethyl adjacent to an activating group) is 1. The predicted octanol–water partition coefficient (Wildman–Crippen LogP) is 2.29. The highest BCUT2D eigenvalue weighted by Gasteiger charge is 2.35. The summed E-state index contributed by atoms with van der Waals surface area (Å²) in [6, 6.07) is 13.7. The summed E-state index contributed by atoms with van der Waals surface area (Å²) < 4.78 is 0. The minimum absolute atomic E-state index is 0.610. The molecule has 0 aromatic heterocycles. The number of carboxylic acid groups (broad SMARTS) is 1. The molecule has 0 aliphatic rings. The highest BCUT2D eigenvalue weighted by molar-refractivity contribution is 5.92. The molecule has 0 heterocycles. The van der Waals surface area contributed by atoms with Crippen LogP contribution in [0.2, 0.25) is 0 Å². The SMILES string of the molecule is CN(C)CCNC(C)(C(=O)O)c1cccc2ccccc12. The molecule has 1 unspecified atom stereocenters. The van der Waals surface area contributed by atoms with E-state index in [0.717, 1.165) is 22.9 Å². The number of fused-ring (bicyclic) bond motifs is 1. The van der Waals surface area contributed by atoms with Gasteiger partial charge in [-0.2, -0.15) is 0 Å². The Morgan fingerprint density at radius 2 is 1.86 bits per heavy atom. The first-order valence-electron chi connectivity index (χ1n) is 7.06. The first-order valence-corrected chi connectivity index (χ1v) is 7.06. The average Bonchev–Trinajstić information content (AvgIpc) is 2.45. The molecule has 0 aliphatic carbocycles. The Morgan fingerprint density at radius 3 is 2.52 bits per heavy atom. The Hall–Kier alpha value is -1.91. The Balaban J connectivity index is 2.42. The Labute approximate surface area is 125 Å². The van der Waals surface area contributed by atoms with E-state index in [1.807, 2.05) is 61.5 Å². The van der Waals surface area contributed by atoms with Gasteiger partial charge in [0.05, 0.1) is 0 Å². The molecule has 21 heavy (non-hydrogen) atoms. The molecule has 4 nitrogen and oxygen atoms in total. The summed E-state index contributed by atoms with van der Waals surface area (Å²) >= 11 is 0. The lowest BCUT2D eigenvalue weighted by atomic mass is 9.87. The number of aliphatic carboxylic acids is 1. The van der Waals surface area contributed by atoms with Gasteiger partial charge in [-0.05, 0) is 37.4 Å². The predicted molar refractivity (Wildman–Crippen MR) is 85.5 cm³/mol. The first kappa shape index (κ1) is 15.5. The van der Waals surface area contributed by atoms with E-state index in [9.17, 15) is 9.90 Å². The fourth-order valence-electron chi connectivity index (χ4n) is 2.48. The summed E-state index contributed by atoms with van der Waals surface area (Å²) in [5.74, 6) is -0.863. The van der Waals surface area contributed by atoms with Gasteiger partial charge >= 0.3 is 5.97 Å². The summed E-state index contributed by atoms with van der Waals surface area (Å²) in [6.07, 6.45) is 0. The number of carboxylic acids is 1. The van der Waals surface area contributed by atoms with Crippen LogP contribution in [0.25, 0.3) is 10.8 Å².